The monoisotopic (exact) mass is 278 g/mol. The first kappa shape index (κ1) is 13.6. The predicted molar refractivity (Wildman–Crippen MR) is 79.3 cm³/mol. The third kappa shape index (κ3) is 1.30. The molecule has 0 aromatic carbocycles. The zero-order chi connectivity index (χ0) is 14.6. The van der Waals surface area contributed by atoms with Gasteiger partial charge in [-0.2, -0.15) is 0 Å². The Morgan fingerprint density at radius 3 is 2.30 bits per heavy atom. The van der Waals surface area contributed by atoms with Gasteiger partial charge >= 0.3 is 0 Å². The molecule has 1 heterocycles. The van der Waals surface area contributed by atoms with E-state index in [-0.39, 0.29) is 11.7 Å². The van der Waals surface area contributed by atoms with Crippen LogP contribution in [-0.4, -0.2) is 17.5 Å². The van der Waals surface area contributed by atoms with Gasteiger partial charge in [-0.25, -0.2) is 0 Å². The first-order valence-corrected chi connectivity index (χ1v) is 8.44. The van der Waals surface area contributed by atoms with Gasteiger partial charge in [0, 0.05) is 0 Å². The summed E-state index contributed by atoms with van der Waals surface area (Å²) in [6.07, 6.45) is 6.96. The van der Waals surface area contributed by atoms with Crippen molar-refractivity contribution in [2.24, 2.45) is 22.2 Å². The molecular weight excluding hydrogens is 248 g/mol. The van der Waals surface area contributed by atoms with E-state index >= 15 is 0 Å². The molecule has 0 amide bonds. The molecule has 0 N–H and O–H groups in total. The Bertz CT molecular complexity index is 468. The van der Waals surface area contributed by atoms with Crippen molar-refractivity contribution in [3.63, 3.8) is 0 Å². The van der Waals surface area contributed by atoms with E-state index < -0.39 is 5.79 Å². The summed E-state index contributed by atoms with van der Waals surface area (Å²) in [6.45, 7) is 14.1. The molecule has 4 fully saturated rings. The SMILES string of the molecule is CC1(C)OC2CC3(C)CCCC(C)(C)C34CC4C2(C)O1. The van der Waals surface area contributed by atoms with Crippen LogP contribution in [0.5, 0.6) is 0 Å². The van der Waals surface area contributed by atoms with Crippen LogP contribution >= 0.6 is 0 Å². The number of fused-ring (bicyclic) bond motifs is 2. The van der Waals surface area contributed by atoms with E-state index in [1.54, 1.807) is 0 Å². The molecule has 5 atom stereocenters. The predicted octanol–water partition coefficient (Wildman–Crippen LogP) is 4.52. The Kier molecular flexibility index (Phi) is 2.24. The van der Waals surface area contributed by atoms with Gasteiger partial charge in [0.05, 0.1) is 11.7 Å². The minimum Gasteiger partial charge on any atom is -0.344 e. The summed E-state index contributed by atoms with van der Waals surface area (Å²) in [4.78, 5) is 0. The molecule has 1 saturated heterocycles. The van der Waals surface area contributed by atoms with Crippen LogP contribution in [0.25, 0.3) is 0 Å². The summed E-state index contributed by atoms with van der Waals surface area (Å²) in [7, 11) is 0. The lowest BCUT2D eigenvalue weighted by molar-refractivity contribution is -0.168. The molecule has 4 rings (SSSR count). The Labute approximate surface area is 123 Å². The van der Waals surface area contributed by atoms with Gasteiger partial charge in [0.25, 0.3) is 0 Å². The van der Waals surface area contributed by atoms with Gasteiger partial charge in [-0.3, -0.25) is 0 Å². The van der Waals surface area contributed by atoms with Crippen LogP contribution in [0.4, 0.5) is 0 Å². The second kappa shape index (κ2) is 3.30. The molecule has 1 aliphatic heterocycles. The fraction of sp³-hybridized carbons (Fsp3) is 1.00. The summed E-state index contributed by atoms with van der Waals surface area (Å²) >= 11 is 0. The van der Waals surface area contributed by atoms with Gasteiger partial charge < -0.3 is 9.47 Å². The highest BCUT2D eigenvalue weighted by Crippen LogP contribution is 2.83. The molecule has 0 radical (unpaired) electrons. The molecule has 0 aromatic rings. The lowest BCUT2D eigenvalue weighted by Gasteiger charge is -2.58. The average Bonchev–Trinajstić information content (AvgIpc) is 2.97. The second-order valence-electron chi connectivity index (χ2n) is 9.52. The Balaban J connectivity index is 1.80. The Hall–Kier alpha value is -0.0800. The molecule has 20 heavy (non-hydrogen) atoms. The summed E-state index contributed by atoms with van der Waals surface area (Å²) < 4.78 is 12.8. The minimum absolute atomic E-state index is 0.0579. The molecule has 114 valence electrons. The molecule has 3 aliphatic carbocycles. The van der Waals surface area contributed by atoms with Crippen LogP contribution in [0.3, 0.4) is 0 Å². The number of hydrogen-bond acceptors (Lipinski definition) is 2. The van der Waals surface area contributed by atoms with Crippen LogP contribution in [0.1, 0.15) is 73.6 Å². The van der Waals surface area contributed by atoms with Crippen molar-refractivity contribution >= 4 is 0 Å². The largest absolute Gasteiger partial charge is 0.344 e. The van der Waals surface area contributed by atoms with Crippen molar-refractivity contribution in [1.82, 2.24) is 0 Å². The minimum atomic E-state index is -0.406. The summed E-state index contributed by atoms with van der Waals surface area (Å²) in [5.74, 6) is 0.285. The van der Waals surface area contributed by atoms with Gasteiger partial charge in [0.1, 0.15) is 0 Å². The number of rotatable bonds is 0. The molecule has 1 spiro atoms. The van der Waals surface area contributed by atoms with Crippen LogP contribution in [0, 0.1) is 22.2 Å². The van der Waals surface area contributed by atoms with Gasteiger partial charge in [-0.1, -0.05) is 27.2 Å². The van der Waals surface area contributed by atoms with Crippen LogP contribution in [0.2, 0.25) is 0 Å². The maximum atomic E-state index is 6.45. The van der Waals surface area contributed by atoms with Gasteiger partial charge in [-0.15, -0.1) is 0 Å². The Morgan fingerprint density at radius 2 is 1.60 bits per heavy atom. The molecule has 0 bridgehead atoms. The third-order valence-electron chi connectivity index (χ3n) is 7.63. The molecule has 0 aromatic heterocycles. The zero-order valence-electron chi connectivity index (χ0n) is 14.0. The molecule has 2 nitrogen and oxygen atoms in total. The van der Waals surface area contributed by atoms with Crippen molar-refractivity contribution in [2.75, 3.05) is 0 Å². The highest BCUT2D eigenvalue weighted by molar-refractivity contribution is 5.29. The summed E-state index contributed by atoms with van der Waals surface area (Å²) in [5, 5.41) is 0. The fourth-order valence-corrected chi connectivity index (χ4v) is 6.87. The molecule has 2 heteroatoms. The maximum absolute atomic E-state index is 6.45. The number of hydrogen-bond donors (Lipinski definition) is 0. The van der Waals surface area contributed by atoms with E-state index in [4.69, 9.17) is 9.47 Å². The average molecular weight is 278 g/mol. The van der Waals surface area contributed by atoms with Gasteiger partial charge in [-0.05, 0) is 68.6 Å². The molecule has 4 aliphatic rings. The summed E-state index contributed by atoms with van der Waals surface area (Å²) in [5.41, 5.74) is 1.34. The van der Waals surface area contributed by atoms with Crippen LogP contribution in [0.15, 0.2) is 0 Å². The fourth-order valence-electron chi connectivity index (χ4n) is 6.87. The highest BCUT2D eigenvalue weighted by Gasteiger charge is 2.81. The van der Waals surface area contributed by atoms with Crippen molar-refractivity contribution in [3.05, 3.63) is 0 Å². The number of ether oxygens (including phenoxy) is 2. The van der Waals surface area contributed by atoms with Gasteiger partial charge in [0.15, 0.2) is 5.79 Å². The van der Waals surface area contributed by atoms with Crippen LogP contribution in [-0.2, 0) is 9.47 Å². The van der Waals surface area contributed by atoms with E-state index in [1.165, 1.54) is 32.1 Å². The van der Waals surface area contributed by atoms with Crippen molar-refractivity contribution in [2.45, 2.75) is 91.1 Å². The molecular formula is C18H30O2. The standard InChI is InChI=1S/C18H30O2/c1-14(2)8-7-9-16(5)11-13-17(6,12-10-18(12,14)16)20-15(3,4)19-13/h12-13H,7-11H2,1-6H3. The van der Waals surface area contributed by atoms with Crippen molar-refractivity contribution < 1.29 is 9.47 Å². The highest BCUT2D eigenvalue weighted by atomic mass is 16.8. The summed E-state index contributed by atoms with van der Waals surface area (Å²) in [6, 6.07) is 0. The Morgan fingerprint density at radius 1 is 0.900 bits per heavy atom. The molecule has 3 saturated carbocycles. The van der Waals surface area contributed by atoms with E-state index in [0.29, 0.717) is 22.2 Å². The molecule has 5 unspecified atom stereocenters. The topological polar surface area (TPSA) is 18.5 Å². The van der Waals surface area contributed by atoms with E-state index in [9.17, 15) is 0 Å². The first-order chi connectivity index (χ1) is 9.07. The lowest BCUT2D eigenvalue weighted by atomic mass is 9.47. The van der Waals surface area contributed by atoms with E-state index in [2.05, 4.69) is 41.5 Å². The lowest BCUT2D eigenvalue weighted by Crippen LogP contribution is -2.57. The normalized spacial score (nSPS) is 58.5. The van der Waals surface area contributed by atoms with E-state index in [0.717, 1.165) is 0 Å². The first-order valence-electron chi connectivity index (χ1n) is 8.44. The maximum Gasteiger partial charge on any atom is 0.164 e. The smallest absolute Gasteiger partial charge is 0.164 e. The van der Waals surface area contributed by atoms with E-state index in [1.807, 2.05) is 0 Å². The van der Waals surface area contributed by atoms with Gasteiger partial charge in [0.2, 0.25) is 0 Å². The van der Waals surface area contributed by atoms with Crippen molar-refractivity contribution in [1.29, 1.82) is 0 Å². The second-order valence-corrected chi connectivity index (χ2v) is 9.52. The van der Waals surface area contributed by atoms with Crippen LogP contribution < -0.4 is 0 Å². The zero-order valence-corrected chi connectivity index (χ0v) is 14.0. The quantitative estimate of drug-likeness (QED) is 0.648. The third-order valence-corrected chi connectivity index (χ3v) is 7.63. The van der Waals surface area contributed by atoms with Crippen molar-refractivity contribution in [3.8, 4) is 0 Å².